The summed E-state index contributed by atoms with van der Waals surface area (Å²) < 4.78 is 0. The van der Waals surface area contributed by atoms with Crippen molar-refractivity contribution >= 4 is 28.9 Å². The zero-order valence-electron chi connectivity index (χ0n) is 10.4. The van der Waals surface area contributed by atoms with Crippen LogP contribution in [0, 0.1) is 11.8 Å². The van der Waals surface area contributed by atoms with Crippen LogP contribution in [0.25, 0.3) is 0 Å². The Kier molecular flexibility index (Phi) is 4.22. The molecule has 0 aliphatic carbocycles. The quantitative estimate of drug-likeness (QED) is 0.729. The van der Waals surface area contributed by atoms with Crippen molar-refractivity contribution in [1.82, 2.24) is 0 Å². The fraction of sp³-hybridized carbons (Fsp3) is 0.571. The number of benzene rings is 1. The van der Waals surface area contributed by atoms with Crippen molar-refractivity contribution in [2.75, 3.05) is 18.0 Å². The van der Waals surface area contributed by atoms with E-state index in [1.54, 1.807) is 0 Å². The molecule has 1 saturated heterocycles. The molecule has 94 valence electrons. The number of para-hydroxylation sites is 1. The van der Waals surface area contributed by atoms with E-state index >= 15 is 0 Å². The van der Waals surface area contributed by atoms with E-state index in [1.807, 2.05) is 12.1 Å². The van der Waals surface area contributed by atoms with E-state index < -0.39 is 0 Å². The highest BCUT2D eigenvalue weighted by Gasteiger charge is 2.27. The fourth-order valence-electron chi connectivity index (χ4n) is 2.56. The molecule has 3 heteroatoms. The summed E-state index contributed by atoms with van der Waals surface area (Å²) in [5.41, 5.74) is 2.29. The lowest BCUT2D eigenvalue weighted by molar-refractivity contribution is 0.422. The zero-order chi connectivity index (χ0) is 12.4. The Morgan fingerprint density at radius 3 is 2.76 bits per heavy atom. The van der Waals surface area contributed by atoms with Crippen LogP contribution >= 0.6 is 23.2 Å². The average Bonchev–Trinajstić information content (AvgIpc) is 2.77. The van der Waals surface area contributed by atoms with Crippen molar-refractivity contribution in [3.63, 3.8) is 0 Å². The number of rotatable bonds is 3. The van der Waals surface area contributed by atoms with Gasteiger partial charge in [-0.05, 0) is 29.9 Å². The molecule has 1 heterocycles. The van der Waals surface area contributed by atoms with Crippen molar-refractivity contribution in [2.24, 2.45) is 11.8 Å². The van der Waals surface area contributed by atoms with E-state index in [2.05, 4.69) is 24.8 Å². The third kappa shape index (κ3) is 2.71. The molecule has 0 spiro atoms. The van der Waals surface area contributed by atoms with Crippen LogP contribution in [0.1, 0.15) is 25.8 Å². The number of hydrogen-bond acceptors (Lipinski definition) is 1. The van der Waals surface area contributed by atoms with Crippen molar-refractivity contribution in [1.29, 1.82) is 0 Å². The van der Waals surface area contributed by atoms with Gasteiger partial charge in [0.1, 0.15) is 0 Å². The Hall–Kier alpha value is -0.400. The lowest BCUT2D eigenvalue weighted by Crippen LogP contribution is -2.22. The molecule has 1 unspecified atom stereocenters. The van der Waals surface area contributed by atoms with Crippen LogP contribution < -0.4 is 4.90 Å². The van der Waals surface area contributed by atoms with Gasteiger partial charge in [-0.2, -0.15) is 0 Å². The molecule has 0 aromatic heterocycles. The first-order valence-electron chi connectivity index (χ1n) is 6.21. The monoisotopic (exact) mass is 271 g/mol. The van der Waals surface area contributed by atoms with E-state index in [4.69, 9.17) is 23.2 Å². The Morgan fingerprint density at radius 1 is 1.41 bits per heavy atom. The first-order valence-corrected chi connectivity index (χ1v) is 7.13. The summed E-state index contributed by atoms with van der Waals surface area (Å²) in [5, 5.41) is 0.826. The van der Waals surface area contributed by atoms with Gasteiger partial charge in [-0.15, -0.1) is 11.6 Å². The number of hydrogen-bond donors (Lipinski definition) is 0. The molecule has 17 heavy (non-hydrogen) atoms. The molecule has 1 aromatic carbocycles. The van der Waals surface area contributed by atoms with Crippen LogP contribution in [-0.4, -0.2) is 13.1 Å². The van der Waals surface area contributed by atoms with Crippen LogP contribution in [0.3, 0.4) is 0 Å². The molecule has 2 rings (SSSR count). The Bertz CT molecular complexity index is 390. The van der Waals surface area contributed by atoms with Gasteiger partial charge in [0.2, 0.25) is 0 Å². The molecule has 0 N–H and O–H groups in total. The van der Waals surface area contributed by atoms with Gasteiger partial charge in [0.25, 0.3) is 0 Å². The van der Waals surface area contributed by atoms with Gasteiger partial charge in [0.15, 0.2) is 0 Å². The number of nitrogens with zero attached hydrogens (tertiary/aromatic N) is 1. The highest BCUT2D eigenvalue weighted by atomic mass is 35.5. The molecule has 1 aliphatic heterocycles. The van der Waals surface area contributed by atoms with Crippen LogP contribution in [0.5, 0.6) is 0 Å². The Morgan fingerprint density at radius 2 is 2.18 bits per heavy atom. The third-order valence-electron chi connectivity index (χ3n) is 3.70. The normalized spacial score (nSPS) is 20.3. The third-order valence-corrected chi connectivity index (χ3v) is 4.29. The van der Waals surface area contributed by atoms with Crippen LogP contribution in [0.15, 0.2) is 18.2 Å². The smallest absolute Gasteiger partial charge is 0.0642 e. The van der Waals surface area contributed by atoms with Crippen LogP contribution in [0.2, 0.25) is 5.02 Å². The van der Waals surface area contributed by atoms with Crippen molar-refractivity contribution in [2.45, 2.75) is 26.1 Å². The summed E-state index contributed by atoms with van der Waals surface area (Å²) in [4.78, 5) is 2.39. The molecule has 1 fully saturated rings. The summed E-state index contributed by atoms with van der Waals surface area (Å²) in [7, 11) is 0. The van der Waals surface area contributed by atoms with Gasteiger partial charge in [-0.3, -0.25) is 0 Å². The van der Waals surface area contributed by atoms with E-state index in [0.717, 1.165) is 41.2 Å². The van der Waals surface area contributed by atoms with Crippen molar-refractivity contribution < 1.29 is 0 Å². The van der Waals surface area contributed by atoms with E-state index in [1.165, 1.54) is 6.42 Å². The second-order valence-corrected chi connectivity index (χ2v) is 5.79. The first-order chi connectivity index (χ1) is 8.13. The maximum Gasteiger partial charge on any atom is 0.0642 e. The summed E-state index contributed by atoms with van der Waals surface area (Å²) in [5.74, 6) is 2.04. The Labute approximate surface area is 114 Å². The summed E-state index contributed by atoms with van der Waals surface area (Å²) >= 11 is 12.3. The van der Waals surface area contributed by atoms with Gasteiger partial charge in [-0.1, -0.05) is 37.6 Å². The summed E-state index contributed by atoms with van der Waals surface area (Å²) in [6.45, 7) is 6.79. The lowest BCUT2D eigenvalue weighted by atomic mass is 9.95. The fourth-order valence-corrected chi connectivity index (χ4v) is 3.09. The van der Waals surface area contributed by atoms with Gasteiger partial charge >= 0.3 is 0 Å². The minimum Gasteiger partial charge on any atom is -0.370 e. The zero-order valence-corrected chi connectivity index (χ0v) is 11.9. The largest absolute Gasteiger partial charge is 0.370 e. The molecular weight excluding hydrogens is 253 g/mol. The SMILES string of the molecule is CC(C)C1CCN(c2c(Cl)cccc2CCl)C1. The van der Waals surface area contributed by atoms with Gasteiger partial charge in [0, 0.05) is 19.0 Å². The predicted octanol–water partition coefficient (Wildman–Crippen LogP) is 4.56. The standard InChI is InChI=1S/C14H19Cl2N/c1-10(2)12-6-7-17(9-12)14-11(8-15)4-3-5-13(14)16/h3-5,10,12H,6-9H2,1-2H3. The minimum atomic E-state index is 0.527. The molecule has 0 saturated carbocycles. The first kappa shape index (κ1) is 13.0. The number of halogens is 2. The van der Waals surface area contributed by atoms with Crippen molar-refractivity contribution in [3.05, 3.63) is 28.8 Å². The molecule has 0 bridgehead atoms. The highest BCUT2D eigenvalue weighted by Crippen LogP contribution is 2.36. The molecule has 1 atom stereocenters. The predicted molar refractivity (Wildman–Crippen MR) is 76.2 cm³/mol. The molecule has 1 aromatic rings. The lowest BCUT2D eigenvalue weighted by Gasteiger charge is -2.23. The second kappa shape index (κ2) is 5.49. The maximum atomic E-state index is 6.32. The van der Waals surface area contributed by atoms with Gasteiger partial charge < -0.3 is 4.90 Å². The van der Waals surface area contributed by atoms with Crippen LogP contribution in [-0.2, 0) is 5.88 Å². The molecule has 1 nitrogen and oxygen atoms in total. The maximum absolute atomic E-state index is 6.32. The van der Waals surface area contributed by atoms with Gasteiger partial charge in [0.05, 0.1) is 10.7 Å². The highest BCUT2D eigenvalue weighted by molar-refractivity contribution is 6.33. The molecule has 0 amide bonds. The molecule has 0 radical (unpaired) electrons. The van der Waals surface area contributed by atoms with E-state index in [-0.39, 0.29) is 0 Å². The van der Waals surface area contributed by atoms with Crippen molar-refractivity contribution in [3.8, 4) is 0 Å². The van der Waals surface area contributed by atoms with Crippen LogP contribution in [0.4, 0.5) is 5.69 Å². The molecular formula is C14H19Cl2N. The second-order valence-electron chi connectivity index (χ2n) is 5.12. The number of alkyl halides is 1. The Balaban J connectivity index is 2.24. The van der Waals surface area contributed by atoms with E-state index in [9.17, 15) is 0 Å². The van der Waals surface area contributed by atoms with Gasteiger partial charge in [-0.25, -0.2) is 0 Å². The summed E-state index contributed by atoms with van der Waals surface area (Å²) in [6.07, 6.45) is 1.25. The number of anilines is 1. The topological polar surface area (TPSA) is 3.24 Å². The average molecular weight is 272 g/mol. The summed E-state index contributed by atoms with van der Waals surface area (Å²) in [6, 6.07) is 5.99. The van der Waals surface area contributed by atoms with E-state index in [0.29, 0.717) is 5.88 Å². The molecule has 1 aliphatic rings. The minimum absolute atomic E-state index is 0.527.